The van der Waals surface area contributed by atoms with Gasteiger partial charge < -0.3 is 14.4 Å². The third-order valence-corrected chi connectivity index (χ3v) is 6.11. The fourth-order valence-electron chi connectivity index (χ4n) is 4.41. The smallest absolute Gasteiger partial charge is 0.244 e. The van der Waals surface area contributed by atoms with Crippen molar-refractivity contribution in [2.75, 3.05) is 6.54 Å². The third kappa shape index (κ3) is 4.89. The molecule has 1 aliphatic heterocycles. The topological polar surface area (TPSA) is 55.9 Å². The minimum absolute atomic E-state index is 0.210. The molecule has 3 heterocycles. The molecule has 5 heteroatoms. The number of benzene rings is 1. The number of hydrogen-bond acceptors (Lipinski definition) is 4. The molecule has 0 radical (unpaired) electrons. The second-order valence-electron chi connectivity index (χ2n) is 8.33. The number of fused-ring (bicyclic) bond motifs is 1. The van der Waals surface area contributed by atoms with E-state index in [-0.39, 0.29) is 6.04 Å². The molecule has 0 amide bonds. The van der Waals surface area contributed by atoms with Crippen molar-refractivity contribution in [3.8, 4) is 11.4 Å². The lowest BCUT2D eigenvalue weighted by atomic mass is 10.1. The molecule has 0 saturated carbocycles. The number of rotatable bonds is 11. The first-order chi connectivity index (χ1) is 14.4. The van der Waals surface area contributed by atoms with Gasteiger partial charge in [0.05, 0.1) is 6.04 Å². The number of aryl methyl sites for hydroxylation is 1. The molecule has 1 unspecified atom stereocenters. The lowest BCUT2D eigenvalue weighted by molar-refractivity contribution is 0.345. The highest BCUT2D eigenvalue weighted by Gasteiger charge is 2.23. The van der Waals surface area contributed by atoms with Gasteiger partial charge in [-0.3, -0.25) is 0 Å². The summed E-state index contributed by atoms with van der Waals surface area (Å²) < 4.78 is 7.93. The van der Waals surface area contributed by atoms with Crippen molar-refractivity contribution in [2.45, 2.75) is 83.7 Å². The summed E-state index contributed by atoms with van der Waals surface area (Å²) in [5, 5.41) is 8.91. The van der Waals surface area contributed by atoms with E-state index in [1.54, 1.807) is 0 Å². The van der Waals surface area contributed by atoms with E-state index in [4.69, 9.17) is 4.52 Å². The predicted molar refractivity (Wildman–Crippen MR) is 118 cm³/mol. The molecule has 29 heavy (non-hydrogen) atoms. The van der Waals surface area contributed by atoms with Crippen LogP contribution in [0, 0.1) is 0 Å². The Labute approximate surface area is 173 Å². The highest BCUT2D eigenvalue weighted by atomic mass is 16.5. The molecule has 1 atom stereocenters. The molecule has 1 fully saturated rings. The summed E-state index contributed by atoms with van der Waals surface area (Å²) in [5.41, 5.74) is 2.32. The molecule has 4 rings (SSSR count). The van der Waals surface area contributed by atoms with Crippen LogP contribution in [0.15, 0.2) is 35.0 Å². The van der Waals surface area contributed by atoms with Crippen LogP contribution in [0.25, 0.3) is 22.3 Å². The average molecular weight is 395 g/mol. The van der Waals surface area contributed by atoms with Crippen molar-refractivity contribution in [1.29, 1.82) is 0 Å². The van der Waals surface area contributed by atoms with Crippen LogP contribution in [0.3, 0.4) is 0 Å². The second kappa shape index (κ2) is 10.1. The molecule has 5 nitrogen and oxygen atoms in total. The van der Waals surface area contributed by atoms with Crippen molar-refractivity contribution >= 4 is 10.9 Å². The maximum Gasteiger partial charge on any atom is 0.244 e. The Bertz CT molecular complexity index is 891. The van der Waals surface area contributed by atoms with Crippen LogP contribution < -0.4 is 5.32 Å². The maximum absolute atomic E-state index is 5.56. The van der Waals surface area contributed by atoms with Crippen LogP contribution in [-0.4, -0.2) is 21.3 Å². The van der Waals surface area contributed by atoms with Crippen molar-refractivity contribution in [3.05, 3.63) is 36.4 Å². The fourth-order valence-corrected chi connectivity index (χ4v) is 4.41. The monoisotopic (exact) mass is 394 g/mol. The molecule has 1 N–H and O–H groups in total. The number of nitrogens with one attached hydrogen (secondary N) is 1. The highest BCUT2D eigenvalue weighted by molar-refractivity contribution is 5.93. The summed E-state index contributed by atoms with van der Waals surface area (Å²) in [6.45, 7) is 4.38. The summed E-state index contributed by atoms with van der Waals surface area (Å²) in [6.07, 6.45) is 15.2. The Hall–Kier alpha value is -2.14. The van der Waals surface area contributed by atoms with Crippen molar-refractivity contribution in [1.82, 2.24) is 20.0 Å². The third-order valence-electron chi connectivity index (χ3n) is 6.11. The first kappa shape index (κ1) is 20.1. The van der Waals surface area contributed by atoms with Gasteiger partial charge >= 0.3 is 0 Å². The summed E-state index contributed by atoms with van der Waals surface area (Å²) in [7, 11) is 0. The first-order valence-electron chi connectivity index (χ1n) is 11.5. The van der Waals surface area contributed by atoms with E-state index in [1.807, 2.05) is 0 Å². The summed E-state index contributed by atoms with van der Waals surface area (Å²) in [6, 6.07) is 8.80. The van der Waals surface area contributed by atoms with Gasteiger partial charge in [-0.15, -0.1) is 0 Å². The molecule has 0 spiro atoms. The van der Waals surface area contributed by atoms with Gasteiger partial charge in [-0.2, -0.15) is 4.98 Å². The van der Waals surface area contributed by atoms with E-state index >= 15 is 0 Å². The summed E-state index contributed by atoms with van der Waals surface area (Å²) in [4.78, 5) is 4.69. The van der Waals surface area contributed by atoms with Gasteiger partial charge in [-0.1, -0.05) is 69.2 Å². The van der Waals surface area contributed by atoms with Crippen LogP contribution in [0.4, 0.5) is 0 Å². The Morgan fingerprint density at radius 1 is 1.07 bits per heavy atom. The highest BCUT2D eigenvalue weighted by Crippen LogP contribution is 2.30. The predicted octanol–water partition coefficient (Wildman–Crippen LogP) is 6.26. The number of aromatic nitrogens is 3. The molecule has 1 aliphatic rings. The van der Waals surface area contributed by atoms with Gasteiger partial charge in [0, 0.05) is 29.2 Å². The van der Waals surface area contributed by atoms with E-state index in [0.29, 0.717) is 11.7 Å². The van der Waals surface area contributed by atoms with Crippen LogP contribution in [-0.2, 0) is 6.54 Å². The number of hydrogen-bond donors (Lipinski definition) is 1. The Balaban J connectivity index is 1.37. The van der Waals surface area contributed by atoms with Crippen LogP contribution in [0.1, 0.15) is 83.1 Å². The number of nitrogens with zero attached hydrogens (tertiary/aromatic N) is 3. The number of unbranched alkanes of at least 4 members (excludes halogenated alkanes) is 7. The van der Waals surface area contributed by atoms with Gasteiger partial charge in [0.2, 0.25) is 11.7 Å². The van der Waals surface area contributed by atoms with E-state index in [0.717, 1.165) is 25.1 Å². The Morgan fingerprint density at radius 2 is 1.90 bits per heavy atom. The first-order valence-corrected chi connectivity index (χ1v) is 11.5. The van der Waals surface area contributed by atoms with Gasteiger partial charge in [0.15, 0.2) is 0 Å². The zero-order chi connectivity index (χ0) is 19.9. The van der Waals surface area contributed by atoms with Crippen molar-refractivity contribution in [3.63, 3.8) is 0 Å². The van der Waals surface area contributed by atoms with Crippen LogP contribution in [0.2, 0.25) is 0 Å². The Kier molecular flexibility index (Phi) is 6.99. The largest absolute Gasteiger partial charge is 0.347 e. The molecule has 0 aliphatic carbocycles. The molecule has 1 aromatic carbocycles. The summed E-state index contributed by atoms with van der Waals surface area (Å²) in [5.74, 6) is 1.41. The minimum atomic E-state index is 0.210. The molecular weight excluding hydrogens is 360 g/mol. The summed E-state index contributed by atoms with van der Waals surface area (Å²) >= 11 is 0. The zero-order valence-corrected chi connectivity index (χ0v) is 17.7. The van der Waals surface area contributed by atoms with E-state index in [2.05, 4.69) is 57.4 Å². The average Bonchev–Trinajstić information content (AvgIpc) is 3.50. The second-order valence-corrected chi connectivity index (χ2v) is 8.33. The van der Waals surface area contributed by atoms with Gasteiger partial charge in [0.25, 0.3) is 0 Å². The lowest BCUT2D eigenvalue weighted by Gasteiger charge is -2.06. The standard InChI is InChI=1S/C24H34N4O/c1-2-3-4-5-6-7-8-9-17-28-18-15-19-20(12-10-14-22(19)28)23-26-24(29-27-23)21-13-11-16-25-21/h10,12,14-15,18,21,25H,2-9,11,13,16-17H2,1H3. The minimum Gasteiger partial charge on any atom is -0.347 e. The lowest BCUT2D eigenvalue weighted by Crippen LogP contribution is -2.12. The van der Waals surface area contributed by atoms with Crippen LogP contribution in [0.5, 0.6) is 0 Å². The normalized spacial score (nSPS) is 16.8. The fraction of sp³-hybridized carbons (Fsp3) is 0.583. The SMILES string of the molecule is CCCCCCCCCCn1ccc2c(-c3noc(C4CCCN4)n3)cccc21. The molecule has 2 aromatic heterocycles. The van der Waals surface area contributed by atoms with E-state index in [9.17, 15) is 0 Å². The molecule has 3 aromatic rings. The van der Waals surface area contributed by atoms with E-state index < -0.39 is 0 Å². The van der Waals surface area contributed by atoms with Gasteiger partial charge in [-0.25, -0.2) is 0 Å². The van der Waals surface area contributed by atoms with Gasteiger partial charge in [-0.05, 0) is 37.9 Å². The van der Waals surface area contributed by atoms with Crippen molar-refractivity contribution in [2.24, 2.45) is 0 Å². The molecule has 156 valence electrons. The van der Waals surface area contributed by atoms with Crippen molar-refractivity contribution < 1.29 is 4.52 Å². The van der Waals surface area contributed by atoms with Crippen LogP contribution >= 0.6 is 0 Å². The quantitative estimate of drug-likeness (QED) is 0.390. The maximum atomic E-state index is 5.56. The molecule has 0 bridgehead atoms. The zero-order valence-electron chi connectivity index (χ0n) is 17.7. The molecular formula is C24H34N4O. The Morgan fingerprint density at radius 3 is 2.69 bits per heavy atom. The molecule has 1 saturated heterocycles. The van der Waals surface area contributed by atoms with E-state index in [1.165, 1.54) is 68.7 Å². The van der Waals surface area contributed by atoms with Gasteiger partial charge in [0.1, 0.15) is 0 Å².